The van der Waals surface area contributed by atoms with E-state index in [1.165, 1.54) is 11.1 Å². The second kappa shape index (κ2) is 5.84. The van der Waals surface area contributed by atoms with Gasteiger partial charge in [-0.3, -0.25) is 14.6 Å². The summed E-state index contributed by atoms with van der Waals surface area (Å²) in [6.07, 6.45) is 3.71. The number of hydrogen-bond donors (Lipinski definition) is 1. The van der Waals surface area contributed by atoms with Crippen molar-refractivity contribution in [3.05, 3.63) is 41.3 Å². The van der Waals surface area contributed by atoms with Gasteiger partial charge in [0.05, 0.1) is 5.69 Å². The third kappa shape index (κ3) is 3.12. The maximum absolute atomic E-state index is 4.46. The van der Waals surface area contributed by atoms with Crippen LogP contribution in [0.2, 0.25) is 0 Å². The van der Waals surface area contributed by atoms with E-state index in [0.29, 0.717) is 0 Å². The van der Waals surface area contributed by atoms with Gasteiger partial charge in [0.15, 0.2) is 0 Å². The van der Waals surface area contributed by atoms with E-state index >= 15 is 0 Å². The number of aromatic nitrogens is 3. The van der Waals surface area contributed by atoms with Crippen molar-refractivity contribution in [2.45, 2.75) is 20.0 Å². The van der Waals surface area contributed by atoms with Gasteiger partial charge in [0.2, 0.25) is 0 Å². The molecule has 2 aromatic heterocycles. The normalized spacial score (nSPS) is 11.0. The summed E-state index contributed by atoms with van der Waals surface area (Å²) < 4.78 is 1.89. The molecule has 0 bridgehead atoms. The average Bonchev–Trinajstić information content (AvgIpc) is 2.65. The molecule has 0 unspecified atom stereocenters. The molecule has 0 saturated heterocycles. The summed E-state index contributed by atoms with van der Waals surface area (Å²) in [4.78, 5) is 6.41. The van der Waals surface area contributed by atoms with Crippen molar-refractivity contribution in [1.82, 2.24) is 19.7 Å². The highest BCUT2D eigenvalue weighted by Gasteiger charge is 2.13. The summed E-state index contributed by atoms with van der Waals surface area (Å²) in [5.41, 5.74) is 3.54. The fourth-order valence-corrected chi connectivity index (χ4v) is 2.33. The lowest BCUT2D eigenvalue weighted by Crippen LogP contribution is -2.18. The molecule has 0 aromatic carbocycles. The molecule has 19 heavy (non-hydrogen) atoms. The molecule has 0 fully saturated rings. The van der Waals surface area contributed by atoms with E-state index in [0.717, 1.165) is 24.6 Å². The maximum Gasteiger partial charge on any atom is 0.128 e. The first-order valence-electron chi connectivity index (χ1n) is 6.39. The van der Waals surface area contributed by atoms with Crippen LogP contribution in [0.25, 0.3) is 0 Å². The maximum atomic E-state index is 4.46. The molecule has 102 valence electrons. The van der Waals surface area contributed by atoms with Crippen molar-refractivity contribution in [3.63, 3.8) is 0 Å². The summed E-state index contributed by atoms with van der Waals surface area (Å²) in [6.45, 7) is 3.80. The molecule has 0 saturated carbocycles. The van der Waals surface area contributed by atoms with Crippen LogP contribution in [0.1, 0.15) is 16.8 Å². The van der Waals surface area contributed by atoms with Crippen LogP contribution in [0, 0.1) is 6.92 Å². The van der Waals surface area contributed by atoms with Crippen LogP contribution in [0.15, 0.2) is 24.5 Å². The predicted octanol–water partition coefficient (Wildman–Crippen LogP) is 1.80. The highest BCUT2D eigenvalue weighted by Crippen LogP contribution is 2.20. The lowest BCUT2D eigenvalue weighted by molar-refractivity contribution is 0.318. The van der Waals surface area contributed by atoms with Gasteiger partial charge in [-0.2, -0.15) is 5.10 Å². The molecule has 1 N–H and O–H groups in total. The molecular formula is C14H21N5. The molecule has 0 aliphatic rings. The Balaban J connectivity index is 2.09. The van der Waals surface area contributed by atoms with E-state index in [2.05, 4.69) is 33.4 Å². The molecule has 2 aromatic rings. The summed E-state index contributed by atoms with van der Waals surface area (Å²) in [5.74, 6) is 1.08. The van der Waals surface area contributed by atoms with Gasteiger partial charge in [-0.15, -0.1) is 0 Å². The summed E-state index contributed by atoms with van der Waals surface area (Å²) >= 11 is 0. The van der Waals surface area contributed by atoms with Crippen LogP contribution in [0.5, 0.6) is 0 Å². The molecule has 5 heteroatoms. The second-order valence-corrected chi connectivity index (χ2v) is 4.82. The van der Waals surface area contributed by atoms with Gasteiger partial charge in [-0.05, 0) is 25.6 Å². The van der Waals surface area contributed by atoms with E-state index in [-0.39, 0.29) is 0 Å². The zero-order valence-electron chi connectivity index (χ0n) is 12.0. The van der Waals surface area contributed by atoms with Gasteiger partial charge >= 0.3 is 0 Å². The number of nitrogens with zero attached hydrogens (tertiary/aromatic N) is 4. The van der Waals surface area contributed by atoms with Crippen LogP contribution in [0.4, 0.5) is 5.82 Å². The van der Waals surface area contributed by atoms with E-state index in [4.69, 9.17) is 0 Å². The Kier molecular flexibility index (Phi) is 4.16. The molecule has 5 nitrogen and oxygen atoms in total. The lowest BCUT2D eigenvalue weighted by atomic mass is 10.2. The van der Waals surface area contributed by atoms with Crippen molar-refractivity contribution >= 4 is 5.82 Å². The summed E-state index contributed by atoms with van der Waals surface area (Å²) in [5, 5.41) is 7.67. The molecule has 0 amide bonds. The van der Waals surface area contributed by atoms with Gasteiger partial charge in [-0.1, -0.05) is 6.07 Å². The summed E-state index contributed by atoms with van der Waals surface area (Å²) in [6, 6.07) is 4.07. The third-order valence-electron chi connectivity index (χ3n) is 3.19. The van der Waals surface area contributed by atoms with Gasteiger partial charge in [0, 0.05) is 45.1 Å². The zero-order chi connectivity index (χ0) is 13.8. The highest BCUT2D eigenvalue weighted by atomic mass is 15.3. The predicted molar refractivity (Wildman–Crippen MR) is 76.9 cm³/mol. The van der Waals surface area contributed by atoms with E-state index in [1.54, 1.807) is 6.20 Å². The van der Waals surface area contributed by atoms with E-state index < -0.39 is 0 Å². The summed E-state index contributed by atoms with van der Waals surface area (Å²) in [7, 11) is 6.00. The number of nitrogens with one attached hydrogen (secondary N) is 1. The van der Waals surface area contributed by atoms with Crippen molar-refractivity contribution < 1.29 is 0 Å². The van der Waals surface area contributed by atoms with E-state index in [1.807, 2.05) is 38.0 Å². The van der Waals surface area contributed by atoms with Gasteiger partial charge in [0.1, 0.15) is 5.82 Å². The Hall–Kier alpha value is -1.88. The first-order valence-corrected chi connectivity index (χ1v) is 6.39. The Bertz CT molecular complexity index is 532. The molecule has 0 spiro atoms. The molecule has 0 atom stereocenters. The zero-order valence-corrected chi connectivity index (χ0v) is 12.0. The number of rotatable bonds is 5. The van der Waals surface area contributed by atoms with Gasteiger partial charge in [-0.25, -0.2) is 0 Å². The molecule has 2 rings (SSSR count). The minimum Gasteiger partial charge on any atom is -0.373 e. The van der Waals surface area contributed by atoms with Crippen LogP contribution >= 0.6 is 0 Å². The van der Waals surface area contributed by atoms with Crippen LogP contribution in [0.3, 0.4) is 0 Å². The quantitative estimate of drug-likeness (QED) is 0.889. The lowest BCUT2D eigenvalue weighted by Gasteiger charge is -2.17. The average molecular weight is 259 g/mol. The van der Waals surface area contributed by atoms with Crippen molar-refractivity contribution in [2.75, 3.05) is 19.4 Å². The topological polar surface area (TPSA) is 46.0 Å². The Morgan fingerprint density at radius 2 is 2.16 bits per heavy atom. The number of aryl methyl sites for hydroxylation is 2. The number of anilines is 1. The number of hydrogen-bond acceptors (Lipinski definition) is 4. The molecule has 2 heterocycles. The second-order valence-electron chi connectivity index (χ2n) is 4.82. The van der Waals surface area contributed by atoms with Crippen LogP contribution in [-0.2, 0) is 20.1 Å². The minimum atomic E-state index is 0.866. The van der Waals surface area contributed by atoms with Crippen molar-refractivity contribution in [2.24, 2.45) is 7.05 Å². The van der Waals surface area contributed by atoms with Gasteiger partial charge < -0.3 is 5.32 Å². The van der Waals surface area contributed by atoms with Crippen LogP contribution < -0.4 is 5.32 Å². The standard InChI is InChI=1S/C14H21N5/c1-11-13(14(15-2)19(4)17-11)10-18(3)9-12-6-5-7-16-8-12/h5-8,15H,9-10H2,1-4H3. The number of pyridine rings is 1. The Labute approximate surface area is 114 Å². The van der Waals surface area contributed by atoms with Crippen molar-refractivity contribution in [3.8, 4) is 0 Å². The Morgan fingerprint density at radius 1 is 1.37 bits per heavy atom. The SMILES string of the molecule is CNc1c(CN(C)Cc2cccnc2)c(C)nn1C. The van der Waals surface area contributed by atoms with Crippen LogP contribution in [-0.4, -0.2) is 33.8 Å². The fourth-order valence-electron chi connectivity index (χ4n) is 2.33. The first kappa shape index (κ1) is 13.5. The molecule has 0 aliphatic carbocycles. The molecular weight excluding hydrogens is 238 g/mol. The minimum absolute atomic E-state index is 0.866. The third-order valence-corrected chi connectivity index (χ3v) is 3.19. The largest absolute Gasteiger partial charge is 0.373 e. The molecule has 0 aliphatic heterocycles. The fraction of sp³-hybridized carbons (Fsp3) is 0.429. The van der Waals surface area contributed by atoms with E-state index in [9.17, 15) is 0 Å². The highest BCUT2D eigenvalue weighted by molar-refractivity contribution is 5.46. The van der Waals surface area contributed by atoms with Crippen molar-refractivity contribution in [1.29, 1.82) is 0 Å². The molecule has 0 radical (unpaired) electrons. The first-order chi connectivity index (χ1) is 9.11. The monoisotopic (exact) mass is 259 g/mol. The smallest absolute Gasteiger partial charge is 0.128 e. The Morgan fingerprint density at radius 3 is 2.79 bits per heavy atom. The van der Waals surface area contributed by atoms with Gasteiger partial charge in [0.25, 0.3) is 0 Å².